The number of benzene rings is 1. The normalized spacial score (nSPS) is 19.8. The topological polar surface area (TPSA) is 107 Å². The monoisotopic (exact) mass is 453 g/mol. The summed E-state index contributed by atoms with van der Waals surface area (Å²) in [5, 5.41) is 4.26. The number of H-pyrrole nitrogens is 1. The Bertz CT molecular complexity index is 1180. The van der Waals surface area contributed by atoms with E-state index in [0.717, 1.165) is 27.2 Å². The molecule has 1 aliphatic rings. The standard InChI is InChI=1S/C19H18F3N5O3S/c20-19(21,22)14-6-3-7-15(11-14)31(29,30)26-10-4-5-13(12-26)17-24-18(28)27(25-17)16-8-1-2-9-23-16/h1-3,6-9,11,13H,4-5,10,12H2,(H-,24,25,28,29,30). The molecule has 2 aromatic heterocycles. The molecule has 1 aromatic carbocycles. The second kappa shape index (κ2) is 8.02. The molecule has 1 aliphatic heterocycles. The quantitative estimate of drug-likeness (QED) is 0.612. The molecule has 3 heterocycles. The van der Waals surface area contributed by atoms with Crippen LogP contribution in [-0.2, 0) is 20.8 Å². The van der Waals surface area contributed by atoms with Crippen LogP contribution in [0.1, 0.15) is 30.1 Å². The SMILES string of the molecule is O=c1[nH]c(C2CCCN([S+](=O)([O-])c3cccc(C(F)(F)F)c3)C2)nn1-c1ccccn1. The van der Waals surface area contributed by atoms with Crippen molar-refractivity contribution in [3.05, 3.63) is 70.5 Å². The minimum Gasteiger partial charge on any atom is -0.593 e. The second-order valence-corrected chi connectivity index (χ2v) is 9.08. The third-order valence-electron chi connectivity index (χ3n) is 5.07. The van der Waals surface area contributed by atoms with E-state index in [1.165, 1.54) is 6.20 Å². The third-order valence-corrected chi connectivity index (χ3v) is 6.93. The predicted molar refractivity (Wildman–Crippen MR) is 104 cm³/mol. The number of sulfonamides is 1. The molecule has 1 N–H and O–H groups in total. The summed E-state index contributed by atoms with van der Waals surface area (Å²) in [7, 11) is -4.15. The van der Waals surface area contributed by atoms with Crippen molar-refractivity contribution in [2.24, 2.45) is 0 Å². The number of piperidine rings is 1. The first-order valence-corrected chi connectivity index (χ1v) is 10.9. The van der Waals surface area contributed by atoms with Crippen molar-refractivity contribution < 1.29 is 21.9 Å². The molecule has 2 atom stereocenters. The Morgan fingerprint density at radius 2 is 2.00 bits per heavy atom. The number of hydrogen-bond acceptors (Lipinski definition) is 5. The van der Waals surface area contributed by atoms with Gasteiger partial charge in [-0.25, -0.2) is 9.78 Å². The van der Waals surface area contributed by atoms with Gasteiger partial charge in [0.25, 0.3) is 0 Å². The molecule has 4 rings (SSSR count). The van der Waals surface area contributed by atoms with Gasteiger partial charge in [0.2, 0.25) is 0 Å². The van der Waals surface area contributed by atoms with Crippen molar-refractivity contribution in [2.45, 2.75) is 29.8 Å². The third kappa shape index (κ3) is 4.31. The minimum atomic E-state index is -4.65. The Kier molecular flexibility index (Phi) is 5.54. The summed E-state index contributed by atoms with van der Waals surface area (Å²) in [6, 6.07) is 8.68. The van der Waals surface area contributed by atoms with Crippen LogP contribution in [0.2, 0.25) is 0 Å². The smallest absolute Gasteiger partial charge is 0.416 e. The summed E-state index contributed by atoms with van der Waals surface area (Å²) in [4.78, 5) is 18.6. The fourth-order valence-corrected chi connectivity index (χ4v) is 5.09. The zero-order chi connectivity index (χ0) is 22.2. The van der Waals surface area contributed by atoms with Crippen LogP contribution in [0.3, 0.4) is 0 Å². The lowest BCUT2D eigenvalue weighted by Crippen LogP contribution is -2.43. The van der Waals surface area contributed by atoms with Crippen LogP contribution in [0.25, 0.3) is 5.82 Å². The van der Waals surface area contributed by atoms with Crippen molar-refractivity contribution in [1.82, 2.24) is 24.1 Å². The number of nitrogens with one attached hydrogen (secondary N) is 1. The van der Waals surface area contributed by atoms with Crippen LogP contribution < -0.4 is 5.69 Å². The fourth-order valence-electron chi connectivity index (χ4n) is 3.52. The van der Waals surface area contributed by atoms with E-state index in [2.05, 4.69) is 15.1 Å². The van der Waals surface area contributed by atoms with Crippen molar-refractivity contribution >= 4 is 10.4 Å². The van der Waals surface area contributed by atoms with Gasteiger partial charge >= 0.3 is 11.9 Å². The molecule has 2 unspecified atom stereocenters. The molecule has 164 valence electrons. The molecule has 0 aliphatic carbocycles. The van der Waals surface area contributed by atoms with Crippen molar-refractivity contribution in [2.75, 3.05) is 13.1 Å². The molecule has 3 aromatic rings. The molecular weight excluding hydrogens is 435 g/mol. The average Bonchev–Trinajstić information content (AvgIpc) is 3.16. The molecule has 12 heteroatoms. The minimum absolute atomic E-state index is 0.00620. The highest BCUT2D eigenvalue weighted by Gasteiger charge is 2.38. The maximum atomic E-state index is 13.0. The van der Waals surface area contributed by atoms with Gasteiger partial charge in [0, 0.05) is 24.7 Å². The largest absolute Gasteiger partial charge is 0.593 e. The molecule has 0 amide bonds. The van der Waals surface area contributed by atoms with Gasteiger partial charge in [-0.2, -0.15) is 17.9 Å². The zero-order valence-electron chi connectivity index (χ0n) is 16.1. The van der Waals surface area contributed by atoms with Crippen LogP contribution in [0.4, 0.5) is 13.2 Å². The van der Waals surface area contributed by atoms with Crippen molar-refractivity contribution in [3.8, 4) is 5.82 Å². The van der Waals surface area contributed by atoms with E-state index < -0.39 is 38.6 Å². The van der Waals surface area contributed by atoms with Gasteiger partial charge in [0.05, 0.1) is 12.1 Å². The Morgan fingerprint density at radius 1 is 1.19 bits per heavy atom. The van der Waals surface area contributed by atoms with Crippen LogP contribution in [-0.4, -0.2) is 41.7 Å². The summed E-state index contributed by atoms with van der Waals surface area (Å²) in [6.45, 7) is 0.161. The van der Waals surface area contributed by atoms with Gasteiger partial charge in [-0.1, -0.05) is 16.3 Å². The molecule has 0 bridgehead atoms. The lowest BCUT2D eigenvalue weighted by molar-refractivity contribution is -0.137. The number of halogens is 3. The molecular formula is C19H18F3N5O3S. The number of nitrogens with zero attached hydrogens (tertiary/aromatic N) is 4. The van der Waals surface area contributed by atoms with E-state index >= 15 is 0 Å². The van der Waals surface area contributed by atoms with Crippen LogP contribution >= 0.6 is 0 Å². The van der Waals surface area contributed by atoms with E-state index in [-0.39, 0.29) is 13.1 Å². The second-order valence-electron chi connectivity index (χ2n) is 7.14. The number of rotatable bonds is 4. The summed E-state index contributed by atoms with van der Waals surface area (Å²) in [5.74, 6) is 0.214. The first-order chi connectivity index (χ1) is 14.7. The Morgan fingerprint density at radius 3 is 2.71 bits per heavy atom. The molecule has 8 nitrogen and oxygen atoms in total. The Labute approximate surface area is 176 Å². The summed E-state index contributed by atoms with van der Waals surface area (Å²) in [6.07, 6.45) is -2.08. The first-order valence-electron chi connectivity index (χ1n) is 9.44. The summed E-state index contributed by atoms with van der Waals surface area (Å²) in [5.41, 5.74) is -1.54. The van der Waals surface area contributed by atoms with E-state index in [1.807, 2.05) is 0 Å². The maximum absolute atomic E-state index is 13.0. The van der Waals surface area contributed by atoms with Gasteiger partial charge < -0.3 is 4.55 Å². The number of aromatic nitrogens is 4. The molecule has 0 saturated carbocycles. The highest BCUT2D eigenvalue weighted by atomic mass is 32.3. The molecule has 1 saturated heterocycles. The number of pyridine rings is 1. The van der Waals surface area contributed by atoms with E-state index in [1.54, 1.807) is 18.2 Å². The number of hydrogen-bond donors (Lipinski definition) is 1. The van der Waals surface area contributed by atoms with Crippen molar-refractivity contribution in [3.63, 3.8) is 0 Å². The Hall–Kier alpha value is -2.83. The number of alkyl halides is 3. The van der Waals surface area contributed by atoms with Gasteiger partial charge in [0.1, 0.15) is 5.82 Å². The lowest BCUT2D eigenvalue weighted by atomic mass is 9.99. The van der Waals surface area contributed by atoms with Gasteiger partial charge in [-0.3, -0.25) is 4.98 Å². The van der Waals surface area contributed by atoms with E-state index in [4.69, 9.17) is 0 Å². The summed E-state index contributed by atoms with van der Waals surface area (Å²) < 4.78 is 67.2. The van der Waals surface area contributed by atoms with Gasteiger partial charge in [0.15, 0.2) is 21.1 Å². The van der Waals surface area contributed by atoms with Crippen LogP contribution in [0, 0.1) is 0 Å². The van der Waals surface area contributed by atoms with E-state index in [9.17, 15) is 26.7 Å². The molecule has 0 spiro atoms. The van der Waals surface area contributed by atoms with Crippen molar-refractivity contribution in [1.29, 1.82) is 0 Å². The zero-order valence-corrected chi connectivity index (χ0v) is 16.9. The highest BCUT2D eigenvalue weighted by Crippen LogP contribution is 2.34. The van der Waals surface area contributed by atoms with Crippen LogP contribution in [0.15, 0.2) is 58.4 Å². The van der Waals surface area contributed by atoms with Gasteiger partial charge in [-0.15, -0.1) is 9.40 Å². The maximum Gasteiger partial charge on any atom is 0.416 e. The molecule has 0 radical (unpaired) electrons. The fraction of sp³-hybridized carbons (Fsp3) is 0.316. The van der Waals surface area contributed by atoms with E-state index in [0.29, 0.717) is 30.6 Å². The predicted octanol–water partition coefficient (Wildman–Crippen LogP) is 2.76. The lowest BCUT2D eigenvalue weighted by Gasteiger charge is -2.33. The molecule has 31 heavy (non-hydrogen) atoms. The first kappa shape index (κ1) is 21.4. The average molecular weight is 453 g/mol. The highest BCUT2D eigenvalue weighted by molar-refractivity contribution is 7.95. The van der Waals surface area contributed by atoms with Gasteiger partial charge in [-0.05, 0) is 37.1 Å². The molecule has 1 fully saturated rings. The summed E-state index contributed by atoms with van der Waals surface area (Å²) >= 11 is 0. The Balaban J connectivity index is 1.59. The number of aromatic amines is 1. The van der Waals surface area contributed by atoms with Crippen LogP contribution in [0.5, 0.6) is 0 Å².